The van der Waals surface area contributed by atoms with Crippen LogP contribution in [0.2, 0.25) is 0 Å². The average molecular weight is 171 g/mol. The van der Waals surface area contributed by atoms with Crippen molar-refractivity contribution in [2.24, 2.45) is 0 Å². The number of rotatable bonds is 4. The minimum atomic E-state index is -0.114. The van der Waals surface area contributed by atoms with Crippen LogP contribution in [0.3, 0.4) is 0 Å². The summed E-state index contributed by atoms with van der Waals surface area (Å²) in [5.41, 5.74) is 0. The van der Waals surface area contributed by atoms with Gasteiger partial charge in [-0.25, -0.2) is 0 Å². The van der Waals surface area contributed by atoms with Crippen LogP contribution < -0.4 is 0 Å². The van der Waals surface area contributed by atoms with Gasteiger partial charge in [0.05, 0.1) is 6.10 Å². The Bertz CT molecular complexity index is 127. The van der Waals surface area contributed by atoms with E-state index in [4.69, 9.17) is 0 Å². The predicted octanol–water partition coefficient (Wildman–Crippen LogP) is 1.63. The Morgan fingerprint density at radius 2 is 2.25 bits per heavy atom. The lowest BCUT2D eigenvalue weighted by atomic mass is 10.1. The molecule has 1 rings (SSSR count). The Morgan fingerprint density at radius 1 is 1.50 bits per heavy atom. The van der Waals surface area contributed by atoms with Crippen molar-refractivity contribution < 1.29 is 5.11 Å². The molecule has 2 unspecified atom stereocenters. The fraction of sp³-hybridized carbons (Fsp3) is 1.00. The molecule has 1 saturated heterocycles. The van der Waals surface area contributed by atoms with Crippen molar-refractivity contribution in [2.75, 3.05) is 13.1 Å². The molecule has 0 aromatic rings. The number of aliphatic hydroxyl groups excluding tert-OH is 1. The van der Waals surface area contributed by atoms with E-state index in [-0.39, 0.29) is 6.10 Å². The fourth-order valence-corrected chi connectivity index (χ4v) is 2.00. The normalized spacial score (nSPS) is 27.8. The van der Waals surface area contributed by atoms with Crippen molar-refractivity contribution in [1.82, 2.24) is 4.90 Å². The third-order valence-corrected chi connectivity index (χ3v) is 2.89. The molecule has 0 spiro atoms. The zero-order valence-corrected chi connectivity index (χ0v) is 8.29. The molecule has 2 nitrogen and oxygen atoms in total. The molecule has 1 aliphatic heterocycles. The average Bonchev–Trinajstić information content (AvgIpc) is 2.51. The SMILES string of the molecule is CCC(O)CN1CCCC1CC. The van der Waals surface area contributed by atoms with Gasteiger partial charge in [0.25, 0.3) is 0 Å². The molecule has 2 heteroatoms. The van der Waals surface area contributed by atoms with Crippen LogP contribution in [-0.4, -0.2) is 35.2 Å². The van der Waals surface area contributed by atoms with Gasteiger partial charge < -0.3 is 5.11 Å². The highest BCUT2D eigenvalue weighted by molar-refractivity contribution is 4.79. The van der Waals surface area contributed by atoms with Crippen LogP contribution in [0.1, 0.15) is 39.5 Å². The maximum absolute atomic E-state index is 9.49. The summed E-state index contributed by atoms with van der Waals surface area (Å²) in [6.07, 6.45) is 4.64. The molecule has 0 bridgehead atoms. The molecule has 1 heterocycles. The van der Waals surface area contributed by atoms with Crippen molar-refractivity contribution in [3.05, 3.63) is 0 Å². The molecular weight excluding hydrogens is 150 g/mol. The first-order valence-corrected chi connectivity index (χ1v) is 5.20. The van der Waals surface area contributed by atoms with Gasteiger partial charge in [-0.1, -0.05) is 13.8 Å². The van der Waals surface area contributed by atoms with Crippen molar-refractivity contribution in [2.45, 2.75) is 51.7 Å². The zero-order chi connectivity index (χ0) is 8.97. The standard InChI is InChI=1S/C10H21NO/c1-3-9-6-5-7-11(9)8-10(12)4-2/h9-10,12H,3-8H2,1-2H3. The fourth-order valence-electron chi connectivity index (χ4n) is 2.00. The Morgan fingerprint density at radius 3 is 2.83 bits per heavy atom. The van der Waals surface area contributed by atoms with Crippen LogP contribution in [-0.2, 0) is 0 Å². The van der Waals surface area contributed by atoms with Gasteiger partial charge in [-0.2, -0.15) is 0 Å². The summed E-state index contributed by atoms with van der Waals surface area (Å²) in [5, 5.41) is 9.49. The van der Waals surface area contributed by atoms with Crippen LogP contribution in [0, 0.1) is 0 Å². The summed E-state index contributed by atoms with van der Waals surface area (Å²) in [5.74, 6) is 0. The minimum absolute atomic E-state index is 0.114. The van der Waals surface area contributed by atoms with E-state index in [1.807, 2.05) is 6.92 Å². The lowest BCUT2D eigenvalue weighted by molar-refractivity contribution is 0.102. The maximum Gasteiger partial charge on any atom is 0.0664 e. The van der Waals surface area contributed by atoms with Gasteiger partial charge in [0.15, 0.2) is 0 Å². The van der Waals surface area contributed by atoms with E-state index < -0.39 is 0 Å². The monoisotopic (exact) mass is 171 g/mol. The van der Waals surface area contributed by atoms with Crippen molar-refractivity contribution in [3.63, 3.8) is 0 Å². The summed E-state index contributed by atoms with van der Waals surface area (Å²) < 4.78 is 0. The van der Waals surface area contributed by atoms with Gasteiger partial charge in [0, 0.05) is 12.6 Å². The molecule has 0 saturated carbocycles. The van der Waals surface area contributed by atoms with Gasteiger partial charge in [-0.3, -0.25) is 4.90 Å². The third kappa shape index (κ3) is 2.46. The van der Waals surface area contributed by atoms with E-state index in [2.05, 4.69) is 11.8 Å². The molecule has 1 fully saturated rings. The minimum Gasteiger partial charge on any atom is -0.392 e. The molecule has 1 N–H and O–H groups in total. The Kier molecular flexibility index (Phi) is 4.02. The number of likely N-dealkylation sites (tertiary alicyclic amines) is 1. The molecule has 2 atom stereocenters. The van der Waals surface area contributed by atoms with Crippen LogP contribution in [0.4, 0.5) is 0 Å². The van der Waals surface area contributed by atoms with E-state index in [0.29, 0.717) is 0 Å². The van der Waals surface area contributed by atoms with Crippen molar-refractivity contribution >= 4 is 0 Å². The number of β-amino-alcohol motifs (C(OH)–C–C–N with tert-alkyl or cyclic N) is 1. The first kappa shape index (κ1) is 10.0. The Balaban J connectivity index is 2.30. The third-order valence-electron chi connectivity index (χ3n) is 2.89. The molecule has 0 aliphatic carbocycles. The summed E-state index contributed by atoms with van der Waals surface area (Å²) in [4.78, 5) is 2.44. The summed E-state index contributed by atoms with van der Waals surface area (Å²) in [7, 11) is 0. The van der Waals surface area contributed by atoms with E-state index in [0.717, 1.165) is 19.0 Å². The Hall–Kier alpha value is -0.0800. The lowest BCUT2D eigenvalue weighted by Crippen LogP contribution is -2.35. The van der Waals surface area contributed by atoms with Gasteiger partial charge in [0.2, 0.25) is 0 Å². The quantitative estimate of drug-likeness (QED) is 0.695. The summed E-state index contributed by atoms with van der Waals surface area (Å²) >= 11 is 0. The highest BCUT2D eigenvalue weighted by Gasteiger charge is 2.23. The highest BCUT2D eigenvalue weighted by atomic mass is 16.3. The van der Waals surface area contributed by atoms with Crippen LogP contribution >= 0.6 is 0 Å². The predicted molar refractivity (Wildman–Crippen MR) is 51.2 cm³/mol. The lowest BCUT2D eigenvalue weighted by Gasteiger charge is -2.25. The zero-order valence-electron chi connectivity index (χ0n) is 8.29. The second kappa shape index (κ2) is 4.83. The van der Waals surface area contributed by atoms with Gasteiger partial charge >= 0.3 is 0 Å². The molecule has 0 aromatic heterocycles. The molecule has 0 radical (unpaired) electrons. The topological polar surface area (TPSA) is 23.5 Å². The van der Waals surface area contributed by atoms with E-state index in [1.165, 1.54) is 25.8 Å². The van der Waals surface area contributed by atoms with Crippen molar-refractivity contribution in [1.29, 1.82) is 0 Å². The first-order chi connectivity index (χ1) is 5.77. The number of aliphatic hydroxyl groups is 1. The van der Waals surface area contributed by atoms with E-state index >= 15 is 0 Å². The van der Waals surface area contributed by atoms with Crippen LogP contribution in [0.25, 0.3) is 0 Å². The molecule has 12 heavy (non-hydrogen) atoms. The molecule has 1 aliphatic rings. The van der Waals surface area contributed by atoms with E-state index in [9.17, 15) is 5.11 Å². The summed E-state index contributed by atoms with van der Waals surface area (Å²) in [6, 6.07) is 0.742. The second-order valence-corrected chi connectivity index (χ2v) is 3.76. The molecule has 72 valence electrons. The Labute approximate surface area is 75.6 Å². The number of hydrogen-bond donors (Lipinski definition) is 1. The number of hydrogen-bond acceptors (Lipinski definition) is 2. The van der Waals surface area contributed by atoms with Crippen LogP contribution in [0.5, 0.6) is 0 Å². The molecule has 0 amide bonds. The largest absolute Gasteiger partial charge is 0.392 e. The number of nitrogens with zero attached hydrogens (tertiary/aromatic N) is 1. The maximum atomic E-state index is 9.49. The van der Waals surface area contributed by atoms with Gasteiger partial charge in [-0.05, 0) is 32.2 Å². The van der Waals surface area contributed by atoms with E-state index in [1.54, 1.807) is 0 Å². The molecule has 0 aromatic carbocycles. The first-order valence-electron chi connectivity index (χ1n) is 5.20. The highest BCUT2D eigenvalue weighted by Crippen LogP contribution is 2.19. The van der Waals surface area contributed by atoms with Crippen molar-refractivity contribution in [3.8, 4) is 0 Å². The van der Waals surface area contributed by atoms with Gasteiger partial charge in [0.1, 0.15) is 0 Å². The second-order valence-electron chi connectivity index (χ2n) is 3.76. The smallest absolute Gasteiger partial charge is 0.0664 e. The summed E-state index contributed by atoms with van der Waals surface area (Å²) in [6.45, 7) is 6.35. The molecular formula is C10H21NO. The van der Waals surface area contributed by atoms with Gasteiger partial charge in [-0.15, -0.1) is 0 Å². The van der Waals surface area contributed by atoms with Crippen LogP contribution in [0.15, 0.2) is 0 Å².